The van der Waals surface area contributed by atoms with Crippen molar-refractivity contribution in [2.24, 2.45) is 11.3 Å². The Kier molecular flexibility index (Phi) is 2.36. The highest BCUT2D eigenvalue weighted by Gasteiger charge is 2.45. The Labute approximate surface area is 69.2 Å². The lowest BCUT2D eigenvalue weighted by Crippen LogP contribution is -2.20. The molecule has 0 aromatic carbocycles. The van der Waals surface area contributed by atoms with E-state index < -0.39 is 0 Å². The van der Waals surface area contributed by atoms with Crippen LogP contribution in [0, 0.1) is 11.3 Å². The zero-order chi connectivity index (χ0) is 8.48. The fourth-order valence-corrected chi connectivity index (χ4v) is 1.59. The summed E-state index contributed by atoms with van der Waals surface area (Å²) in [5.41, 5.74) is 0.0919. The fourth-order valence-electron chi connectivity index (χ4n) is 1.59. The number of Topliss-reactive ketones (excluding diaryl/α,β-unsaturated/α-hetero) is 1. The largest absolute Gasteiger partial charge is 0.299 e. The maximum atomic E-state index is 11.6. The van der Waals surface area contributed by atoms with Crippen molar-refractivity contribution in [1.82, 2.24) is 0 Å². The van der Waals surface area contributed by atoms with Gasteiger partial charge in [0.25, 0.3) is 0 Å². The molecule has 1 heteroatoms. The van der Waals surface area contributed by atoms with Crippen LogP contribution in [0.2, 0.25) is 0 Å². The first-order chi connectivity index (χ1) is 5.10. The predicted molar refractivity (Wildman–Crippen MR) is 46.4 cm³/mol. The Morgan fingerprint density at radius 3 is 2.45 bits per heavy atom. The lowest BCUT2D eigenvalue weighted by molar-refractivity contribution is -0.127. The number of ketones is 1. The number of hydrogen-bond acceptors (Lipinski definition) is 1. The third kappa shape index (κ3) is 1.82. The van der Waals surface area contributed by atoms with Gasteiger partial charge in [-0.25, -0.2) is 0 Å². The van der Waals surface area contributed by atoms with Gasteiger partial charge in [-0.2, -0.15) is 0 Å². The van der Waals surface area contributed by atoms with Gasteiger partial charge in [-0.3, -0.25) is 4.79 Å². The maximum absolute atomic E-state index is 11.6. The van der Waals surface area contributed by atoms with Crippen LogP contribution in [0.1, 0.15) is 46.5 Å². The van der Waals surface area contributed by atoms with E-state index in [0.717, 1.165) is 25.7 Å². The lowest BCUT2D eigenvalue weighted by atomic mass is 9.90. The smallest absolute Gasteiger partial charge is 0.141 e. The molecule has 11 heavy (non-hydrogen) atoms. The molecule has 1 saturated carbocycles. The van der Waals surface area contributed by atoms with Gasteiger partial charge in [0.1, 0.15) is 5.78 Å². The third-order valence-corrected chi connectivity index (χ3v) is 2.76. The molecule has 0 aromatic heterocycles. The predicted octanol–water partition coefficient (Wildman–Crippen LogP) is 2.79. The van der Waals surface area contributed by atoms with Crippen LogP contribution in [0.15, 0.2) is 0 Å². The molecule has 0 radical (unpaired) electrons. The summed E-state index contributed by atoms with van der Waals surface area (Å²) in [6, 6.07) is 0. The minimum absolute atomic E-state index is 0.0919. The van der Waals surface area contributed by atoms with Crippen LogP contribution in [-0.2, 0) is 4.79 Å². The highest BCUT2D eigenvalue weighted by molar-refractivity contribution is 5.88. The zero-order valence-corrected chi connectivity index (χ0v) is 7.81. The molecule has 1 aliphatic rings. The average Bonchev–Trinajstić information content (AvgIpc) is 2.68. The van der Waals surface area contributed by atoms with Gasteiger partial charge in [0.15, 0.2) is 0 Å². The van der Waals surface area contributed by atoms with Crippen molar-refractivity contribution < 1.29 is 4.79 Å². The van der Waals surface area contributed by atoms with Gasteiger partial charge in [0.05, 0.1) is 0 Å². The molecule has 0 aromatic rings. The Morgan fingerprint density at radius 1 is 1.55 bits per heavy atom. The molecule has 0 bridgehead atoms. The molecule has 0 aliphatic heterocycles. The Hall–Kier alpha value is -0.330. The van der Waals surface area contributed by atoms with E-state index in [2.05, 4.69) is 20.8 Å². The SMILES string of the molecule is CCCC(C)C(=O)C1(C)CC1. The van der Waals surface area contributed by atoms with E-state index in [4.69, 9.17) is 0 Å². The summed E-state index contributed by atoms with van der Waals surface area (Å²) in [6.07, 6.45) is 4.44. The topological polar surface area (TPSA) is 17.1 Å². The van der Waals surface area contributed by atoms with Crippen LogP contribution in [0.4, 0.5) is 0 Å². The van der Waals surface area contributed by atoms with Crippen LogP contribution in [-0.4, -0.2) is 5.78 Å². The first-order valence-electron chi connectivity index (χ1n) is 4.64. The van der Waals surface area contributed by atoms with Crippen LogP contribution >= 0.6 is 0 Å². The Bertz CT molecular complexity index is 156. The molecule has 1 aliphatic carbocycles. The van der Waals surface area contributed by atoms with Crippen molar-refractivity contribution in [2.75, 3.05) is 0 Å². The molecule has 1 nitrogen and oxygen atoms in total. The second-order valence-corrected chi connectivity index (χ2v) is 4.11. The Balaban J connectivity index is 2.40. The molecular weight excluding hydrogens is 136 g/mol. The molecule has 0 heterocycles. The average molecular weight is 154 g/mol. The highest BCUT2D eigenvalue weighted by Crippen LogP contribution is 2.47. The van der Waals surface area contributed by atoms with Crippen LogP contribution in [0.3, 0.4) is 0 Å². The number of hydrogen-bond donors (Lipinski definition) is 0. The monoisotopic (exact) mass is 154 g/mol. The van der Waals surface area contributed by atoms with Crippen LogP contribution in [0.25, 0.3) is 0 Å². The third-order valence-electron chi connectivity index (χ3n) is 2.76. The highest BCUT2D eigenvalue weighted by atomic mass is 16.1. The molecule has 0 saturated heterocycles. The zero-order valence-electron chi connectivity index (χ0n) is 7.81. The van der Waals surface area contributed by atoms with Gasteiger partial charge in [-0.05, 0) is 19.3 Å². The summed E-state index contributed by atoms with van der Waals surface area (Å²) in [5, 5.41) is 0. The standard InChI is InChI=1S/C10H18O/c1-4-5-8(2)9(11)10(3)6-7-10/h8H,4-7H2,1-3H3. The molecule has 1 atom stereocenters. The first-order valence-corrected chi connectivity index (χ1v) is 4.64. The molecular formula is C10H18O. The molecule has 0 spiro atoms. The lowest BCUT2D eigenvalue weighted by Gasteiger charge is -2.13. The summed E-state index contributed by atoms with van der Waals surface area (Å²) >= 11 is 0. The number of rotatable bonds is 4. The van der Waals surface area contributed by atoms with Crippen molar-refractivity contribution in [2.45, 2.75) is 46.5 Å². The molecule has 1 rings (SSSR count). The summed E-state index contributed by atoms with van der Waals surface area (Å²) in [5.74, 6) is 0.798. The van der Waals surface area contributed by atoms with E-state index >= 15 is 0 Å². The summed E-state index contributed by atoms with van der Waals surface area (Å²) in [7, 11) is 0. The quantitative estimate of drug-likeness (QED) is 0.608. The fraction of sp³-hybridized carbons (Fsp3) is 0.900. The van der Waals surface area contributed by atoms with Crippen LogP contribution < -0.4 is 0 Å². The van der Waals surface area contributed by atoms with Crippen molar-refractivity contribution >= 4 is 5.78 Å². The van der Waals surface area contributed by atoms with Gasteiger partial charge >= 0.3 is 0 Å². The molecule has 64 valence electrons. The number of carbonyl (C=O) groups is 1. The second-order valence-electron chi connectivity index (χ2n) is 4.11. The van der Waals surface area contributed by atoms with Crippen molar-refractivity contribution in [3.8, 4) is 0 Å². The summed E-state index contributed by atoms with van der Waals surface area (Å²) in [6.45, 7) is 6.30. The minimum atomic E-state index is 0.0919. The van der Waals surface area contributed by atoms with Gasteiger partial charge in [-0.1, -0.05) is 27.2 Å². The van der Waals surface area contributed by atoms with E-state index in [1.807, 2.05) is 0 Å². The maximum Gasteiger partial charge on any atom is 0.141 e. The minimum Gasteiger partial charge on any atom is -0.299 e. The molecule has 1 fully saturated rings. The van der Waals surface area contributed by atoms with Gasteiger partial charge in [0, 0.05) is 11.3 Å². The van der Waals surface area contributed by atoms with E-state index in [1.54, 1.807) is 0 Å². The molecule has 1 unspecified atom stereocenters. The Morgan fingerprint density at radius 2 is 2.09 bits per heavy atom. The van der Waals surface area contributed by atoms with Crippen LogP contribution in [0.5, 0.6) is 0 Å². The van der Waals surface area contributed by atoms with Crippen molar-refractivity contribution in [3.63, 3.8) is 0 Å². The number of carbonyl (C=O) groups excluding carboxylic acids is 1. The van der Waals surface area contributed by atoms with Gasteiger partial charge in [0.2, 0.25) is 0 Å². The molecule has 0 N–H and O–H groups in total. The van der Waals surface area contributed by atoms with E-state index in [0.29, 0.717) is 11.7 Å². The van der Waals surface area contributed by atoms with Gasteiger partial charge in [-0.15, -0.1) is 0 Å². The normalized spacial score (nSPS) is 22.8. The van der Waals surface area contributed by atoms with E-state index in [9.17, 15) is 4.79 Å². The molecule has 0 amide bonds. The first kappa shape index (κ1) is 8.76. The van der Waals surface area contributed by atoms with Gasteiger partial charge < -0.3 is 0 Å². The summed E-state index contributed by atoms with van der Waals surface area (Å²) < 4.78 is 0. The summed E-state index contributed by atoms with van der Waals surface area (Å²) in [4.78, 5) is 11.6. The second kappa shape index (κ2) is 2.96. The van der Waals surface area contributed by atoms with Crippen molar-refractivity contribution in [1.29, 1.82) is 0 Å². The van der Waals surface area contributed by atoms with E-state index in [1.165, 1.54) is 0 Å². The van der Waals surface area contributed by atoms with Crippen molar-refractivity contribution in [3.05, 3.63) is 0 Å². The van der Waals surface area contributed by atoms with E-state index in [-0.39, 0.29) is 5.41 Å².